The molecule has 0 radical (unpaired) electrons. The summed E-state index contributed by atoms with van der Waals surface area (Å²) in [6, 6.07) is 0. The van der Waals surface area contributed by atoms with Crippen LogP contribution >= 0.6 is 0 Å². The van der Waals surface area contributed by atoms with E-state index in [9.17, 15) is 0 Å². The van der Waals surface area contributed by atoms with Gasteiger partial charge in [0.2, 0.25) is 0 Å². The van der Waals surface area contributed by atoms with Gasteiger partial charge in [0.05, 0.1) is 0 Å². The zero-order chi connectivity index (χ0) is 12.4. The van der Waals surface area contributed by atoms with E-state index in [1.807, 2.05) is 0 Å². The predicted octanol–water partition coefficient (Wildman–Crippen LogP) is 0.232. The van der Waals surface area contributed by atoms with Crippen molar-refractivity contribution < 1.29 is 0 Å². The molecule has 0 aromatic carbocycles. The smallest absolute Gasteiger partial charge is 0.0108 e. The number of rotatable bonds is 9. The van der Waals surface area contributed by atoms with Crippen molar-refractivity contribution in [2.24, 2.45) is 16.9 Å². The predicted molar refractivity (Wildman–Crippen MR) is 71.5 cm³/mol. The number of nitrogens with two attached hydrogens (primary N) is 2. The van der Waals surface area contributed by atoms with Gasteiger partial charge in [-0.05, 0) is 18.4 Å². The van der Waals surface area contributed by atoms with Gasteiger partial charge in [-0.25, -0.2) is 0 Å². The van der Waals surface area contributed by atoms with E-state index in [2.05, 4.69) is 31.0 Å². The van der Waals surface area contributed by atoms with Crippen molar-refractivity contribution >= 4 is 0 Å². The fourth-order valence-electron chi connectivity index (χ4n) is 1.53. The van der Waals surface area contributed by atoms with Crippen LogP contribution in [-0.2, 0) is 0 Å². The molecule has 0 aromatic heterocycles. The first-order chi connectivity index (χ1) is 7.49. The van der Waals surface area contributed by atoms with Crippen molar-refractivity contribution in [2.75, 3.05) is 45.8 Å². The Labute approximate surface area is 101 Å². The third-order valence-corrected chi connectivity index (χ3v) is 2.55. The van der Waals surface area contributed by atoms with E-state index in [1.54, 1.807) is 0 Å². The molecule has 0 heterocycles. The average Bonchev–Trinajstić information content (AvgIpc) is 2.16. The molecule has 5 N–H and O–H groups in total. The highest BCUT2D eigenvalue weighted by atomic mass is 15.1. The van der Waals surface area contributed by atoms with Gasteiger partial charge in [-0.3, -0.25) is 4.90 Å². The third kappa shape index (κ3) is 10.4. The number of nitrogens with zero attached hydrogens (tertiary/aromatic N) is 1. The lowest BCUT2D eigenvalue weighted by atomic mass is 9.92. The fraction of sp³-hybridized carbons (Fsp3) is 1.00. The van der Waals surface area contributed by atoms with E-state index in [4.69, 9.17) is 11.5 Å². The van der Waals surface area contributed by atoms with Gasteiger partial charge >= 0.3 is 0 Å². The first-order valence-corrected chi connectivity index (χ1v) is 6.33. The maximum absolute atomic E-state index is 5.54. The molecule has 4 nitrogen and oxygen atoms in total. The molecule has 0 aliphatic rings. The Hall–Kier alpha value is -0.160. The zero-order valence-corrected chi connectivity index (χ0v) is 11.3. The first kappa shape index (κ1) is 15.8. The van der Waals surface area contributed by atoms with Crippen LogP contribution in [0.1, 0.15) is 27.2 Å². The molecule has 16 heavy (non-hydrogen) atoms. The van der Waals surface area contributed by atoms with Crippen LogP contribution in [0.25, 0.3) is 0 Å². The molecule has 4 heteroatoms. The van der Waals surface area contributed by atoms with Gasteiger partial charge in [0.1, 0.15) is 0 Å². The fourth-order valence-corrected chi connectivity index (χ4v) is 1.53. The molecule has 0 spiro atoms. The maximum atomic E-state index is 5.54. The SMILES string of the molecule is CC(C)(C)CCNCCN(CCN)CCN. The highest BCUT2D eigenvalue weighted by molar-refractivity contribution is 4.65. The van der Waals surface area contributed by atoms with Gasteiger partial charge < -0.3 is 16.8 Å². The number of hydrogen-bond donors (Lipinski definition) is 3. The molecule has 0 atom stereocenters. The zero-order valence-electron chi connectivity index (χ0n) is 11.3. The van der Waals surface area contributed by atoms with Gasteiger partial charge in [-0.2, -0.15) is 0 Å². The third-order valence-electron chi connectivity index (χ3n) is 2.55. The van der Waals surface area contributed by atoms with Crippen LogP contribution in [0.3, 0.4) is 0 Å². The summed E-state index contributed by atoms with van der Waals surface area (Å²) in [6.45, 7) is 13.3. The van der Waals surface area contributed by atoms with Gasteiger partial charge in [-0.15, -0.1) is 0 Å². The standard InChI is InChI=1S/C12H30N4/c1-12(2,3)4-7-15-8-11-16(9-5-13)10-6-14/h15H,4-11,13-14H2,1-3H3. The maximum Gasteiger partial charge on any atom is 0.0108 e. The van der Waals surface area contributed by atoms with Gasteiger partial charge in [-0.1, -0.05) is 20.8 Å². The van der Waals surface area contributed by atoms with E-state index in [1.165, 1.54) is 6.42 Å². The summed E-state index contributed by atoms with van der Waals surface area (Å²) in [4.78, 5) is 2.31. The van der Waals surface area contributed by atoms with Crippen molar-refractivity contribution in [3.8, 4) is 0 Å². The average molecular weight is 230 g/mol. The molecule has 0 unspecified atom stereocenters. The van der Waals surface area contributed by atoms with E-state index >= 15 is 0 Å². The second-order valence-corrected chi connectivity index (χ2v) is 5.48. The van der Waals surface area contributed by atoms with Crippen molar-refractivity contribution in [1.82, 2.24) is 10.2 Å². The second kappa shape index (κ2) is 8.93. The van der Waals surface area contributed by atoms with E-state index in [-0.39, 0.29) is 0 Å². The molecule has 0 aliphatic heterocycles. The van der Waals surface area contributed by atoms with E-state index in [0.29, 0.717) is 18.5 Å². The van der Waals surface area contributed by atoms with Gasteiger partial charge in [0.15, 0.2) is 0 Å². The highest BCUT2D eigenvalue weighted by Gasteiger charge is 2.08. The largest absolute Gasteiger partial charge is 0.329 e. The Morgan fingerprint density at radius 3 is 1.94 bits per heavy atom. The Bertz CT molecular complexity index is 148. The van der Waals surface area contributed by atoms with Crippen molar-refractivity contribution in [2.45, 2.75) is 27.2 Å². The lowest BCUT2D eigenvalue weighted by Crippen LogP contribution is -2.39. The Morgan fingerprint density at radius 1 is 0.938 bits per heavy atom. The summed E-state index contributed by atoms with van der Waals surface area (Å²) in [7, 11) is 0. The van der Waals surface area contributed by atoms with Crippen LogP contribution in [0.4, 0.5) is 0 Å². The molecule has 0 aromatic rings. The molecule has 0 saturated carbocycles. The highest BCUT2D eigenvalue weighted by Crippen LogP contribution is 2.16. The second-order valence-electron chi connectivity index (χ2n) is 5.48. The topological polar surface area (TPSA) is 67.3 Å². The lowest BCUT2D eigenvalue weighted by Gasteiger charge is -2.22. The first-order valence-electron chi connectivity index (χ1n) is 6.33. The van der Waals surface area contributed by atoms with Crippen LogP contribution in [0.2, 0.25) is 0 Å². The van der Waals surface area contributed by atoms with Crippen LogP contribution in [-0.4, -0.2) is 50.7 Å². The molecule has 0 rings (SSSR count). The summed E-state index contributed by atoms with van der Waals surface area (Å²) < 4.78 is 0. The monoisotopic (exact) mass is 230 g/mol. The summed E-state index contributed by atoms with van der Waals surface area (Å²) >= 11 is 0. The molecule has 0 fully saturated rings. The molecule has 0 amide bonds. The Morgan fingerprint density at radius 2 is 1.50 bits per heavy atom. The molecule has 0 bridgehead atoms. The van der Waals surface area contributed by atoms with Gasteiger partial charge in [0, 0.05) is 39.3 Å². The van der Waals surface area contributed by atoms with Crippen molar-refractivity contribution in [3.05, 3.63) is 0 Å². The van der Waals surface area contributed by atoms with Crippen molar-refractivity contribution in [3.63, 3.8) is 0 Å². The number of hydrogen-bond acceptors (Lipinski definition) is 4. The van der Waals surface area contributed by atoms with Gasteiger partial charge in [0.25, 0.3) is 0 Å². The Kier molecular flexibility index (Phi) is 8.84. The summed E-state index contributed by atoms with van der Waals surface area (Å²) in [5.74, 6) is 0. The Balaban J connectivity index is 3.46. The molecule has 98 valence electrons. The quantitative estimate of drug-likeness (QED) is 0.496. The van der Waals surface area contributed by atoms with E-state index in [0.717, 1.165) is 32.7 Å². The van der Waals surface area contributed by atoms with Crippen LogP contribution in [0.5, 0.6) is 0 Å². The minimum Gasteiger partial charge on any atom is -0.329 e. The molecular formula is C12H30N4. The summed E-state index contributed by atoms with van der Waals surface area (Å²) in [5.41, 5.74) is 11.5. The molecule has 0 saturated heterocycles. The molecule has 0 aliphatic carbocycles. The van der Waals surface area contributed by atoms with Crippen molar-refractivity contribution in [1.29, 1.82) is 0 Å². The summed E-state index contributed by atoms with van der Waals surface area (Å²) in [6.07, 6.45) is 1.21. The van der Waals surface area contributed by atoms with Crippen LogP contribution in [0.15, 0.2) is 0 Å². The van der Waals surface area contributed by atoms with E-state index < -0.39 is 0 Å². The lowest BCUT2D eigenvalue weighted by molar-refractivity contribution is 0.283. The van der Waals surface area contributed by atoms with Crippen LogP contribution in [0, 0.1) is 5.41 Å². The normalized spacial score (nSPS) is 12.4. The minimum atomic E-state index is 0.418. The number of nitrogens with one attached hydrogen (secondary N) is 1. The minimum absolute atomic E-state index is 0.418. The van der Waals surface area contributed by atoms with Crippen LogP contribution < -0.4 is 16.8 Å². The molecular weight excluding hydrogens is 200 g/mol. The summed E-state index contributed by atoms with van der Waals surface area (Å²) in [5, 5.41) is 3.47.